The Morgan fingerprint density at radius 1 is 1.10 bits per heavy atom. The van der Waals surface area contributed by atoms with Crippen LogP contribution in [0, 0.1) is 5.92 Å². The molecule has 1 heterocycles. The topological polar surface area (TPSA) is 121 Å². The lowest BCUT2D eigenvalue weighted by atomic mass is 10.1. The molecule has 10 heteroatoms. The maximum absolute atomic E-state index is 12.4. The highest BCUT2D eigenvalue weighted by molar-refractivity contribution is 5.81. The standard InChI is InChI=1S/C18H33NO6.C6H6O.C5H10O2/c1-12(2)9-23-14-8-13(3)24-16(20)15(11-22-10-14)19(7)17(21)25-18(4,5)6;7-6-4-2-1-3-5-6;1-5(2,3)7-4-6/h12-15H,8-11H2,1-7H3;1-5,7H;4H,1-3H3/t13?,14?,15-;;/m0../s1. The summed E-state index contributed by atoms with van der Waals surface area (Å²) >= 11 is 0. The molecule has 1 aromatic rings. The van der Waals surface area contributed by atoms with Crippen LogP contribution in [0.5, 0.6) is 5.75 Å². The van der Waals surface area contributed by atoms with E-state index in [0.29, 0.717) is 37.8 Å². The fourth-order valence-electron chi connectivity index (χ4n) is 2.89. The fraction of sp³-hybridized carbons (Fsp3) is 0.690. The Morgan fingerprint density at radius 2 is 1.69 bits per heavy atom. The number of aromatic hydroxyl groups is 1. The van der Waals surface area contributed by atoms with Crippen molar-refractivity contribution in [3.63, 3.8) is 0 Å². The number of carbonyl (C=O) groups excluding carboxylic acids is 3. The molecule has 3 atom stereocenters. The average Bonchev–Trinajstić information content (AvgIpc) is 2.85. The second-order valence-electron chi connectivity index (χ2n) is 11.6. The van der Waals surface area contributed by atoms with Crippen LogP contribution in [-0.4, -0.2) is 84.9 Å². The van der Waals surface area contributed by atoms with Crippen LogP contribution in [0.1, 0.15) is 68.7 Å². The summed E-state index contributed by atoms with van der Waals surface area (Å²) in [7, 11) is 1.51. The molecule has 0 bridgehead atoms. The van der Waals surface area contributed by atoms with Gasteiger partial charge in [-0.2, -0.15) is 0 Å². The Kier molecular flexibility index (Phi) is 16.4. The number of amides is 1. The molecule has 0 saturated carbocycles. The first kappa shape index (κ1) is 36.1. The molecule has 0 spiro atoms. The van der Waals surface area contributed by atoms with Gasteiger partial charge in [-0.3, -0.25) is 9.69 Å². The summed E-state index contributed by atoms with van der Waals surface area (Å²) in [5, 5.41) is 8.63. The fourth-order valence-corrected chi connectivity index (χ4v) is 2.89. The minimum Gasteiger partial charge on any atom is -0.508 e. The lowest BCUT2D eigenvalue weighted by Gasteiger charge is -2.29. The molecule has 39 heavy (non-hydrogen) atoms. The lowest BCUT2D eigenvalue weighted by Crippen LogP contribution is -2.48. The molecule has 10 nitrogen and oxygen atoms in total. The number of likely N-dealkylation sites (N-methyl/N-ethyl adjacent to an activating group) is 1. The van der Waals surface area contributed by atoms with Gasteiger partial charge in [0.05, 0.1) is 19.3 Å². The Balaban J connectivity index is 0.000000833. The van der Waals surface area contributed by atoms with Gasteiger partial charge < -0.3 is 28.8 Å². The van der Waals surface area contributed by atoms with Gasteiger partial charge in [0.25, 0.3) is 6.47 Å². The minimum atomic E-state index is -0.846. The maximum Gasteiger partial charge on any atom is 0.410 e. The first-order valence-corrected chi connectivity index (χ1v) is 13.2. The van der Waals surface area contributed by atoms with Crippen LogP contribution < -0.4 is 0 Å². The number of cyclic esters (lactones) is 1. The minimum absolute atomic E-state index is 0.0445. The Hall–Kier alpha value is -2.85. The summed E-state index contributed by atoms with van der Waals surface area (Å²) in [6.45, 7) is 18.2. The van der Waals surface area contributed by atoms with E-state index in [1.165, 1.54) is 11.9 Å². The molecular formula is C29H49NO9. The van der Waals surface area contributed by atoms with Gasteiger partial charge in [0, 0.05) is 20.1 Å². The lowest BCUT2D eigenvalue weighted by molar-refractivity contribution is -0.155. The quantitative estimate of drug-likeness (QED) is 0.305. The van der Waals surface area contributed by atoms with Gasteiger partial charge in [0.1, 0.15) is 23.1 Å². The van der Waals surface area contributed by atoms with E-state index < -0.39 is 23.7 Å². The summed E-state index contributed by atoms with van der Waals surface area (Å²) in [5.74, 6) is 0.240. The highest BCUT2D eigenvalue weighted by Gasteiger charge is 2.34. The molecule has 1 saturated heterocycles. The summed E-state index contributed by atoms with van der Waals surface area (Å²) in [6, 6.07) is 7.87. The number of ether oxygens (including phenoxy) is 5. The molecule has 0 radical (unpaired) electrons. The highest BCUT2D eigenvalue weighted by Crippen LogP contribution is 2.16. The number of benzene rings is 1. The molecule has 1 aromatic carbocycles. The number of nitrogens with zero attached hydrogens (tertiary/aromatic N) is 1. The summed E-state index contributed by atoms with van der Waals surface area (Å²) in [6.07, 6.45) is -0.490. The molecule has 1 fully saturated rings. The van der Waals surface area contributed by atoms with Gasteiger partial charge in [-0.05, 0) is 66.5 Å². The molecule has 2 rings (SSSR count). The normalized spacial score (nSPS) is 19.9. The van der Waals surface area contributed by atoms with Crippen LogP contribution in [0.4, 0.5) is 4.79 Å². The molecule has 0 aliphatic carbocycles. The monoisotopic (exact) mass is 555 g/mol. The molecule has 1 aliphatic rings. The summed E-state index contributed by atoms with van der Waals surface area (Å²) < 4.78 is 26.8. The number of phenolic OH excluding ortho intramolecular Hbond substituents is 1. The van der Waals surface area contributed by atoms with Crippen molar-refractivity contribution in [2.45, 2.75) is 98.2 Å². The molecule has 1 aliphatic heterocycles. The SMILES string of the molecule is CC(C)(C)OC=O.CC(C)COC1COC[C@H](N(C)C(=O)OC(C)(C)C)C(=O)OC(C)C1.Oc1ccccc1. The first-order valence-electron chi connectivity index (χ1n) is 13.2. The van der Waals surface area contributed by atoms with Crippen molar-refractivity contribution in [2.24, 2.45) is 5.92 Å². The van der Waals surface area contributed by atoms with E-state index in [4.69, 9.17) is 24.1 Å². The predicted octanol–water partition coefficient (Wildman–Crippen LogP) is 4.97. The van der Waals surface area contributed by atoms with E-state index in [1.54, 1.807) is 45.0 Å². The first-order chi connectivity index (χ1) is 17.9. The van der Waals surface area contributed by atoms with Crippen LogP contribution >= 0.6 is 0 Å². The van der Waals surface area contributed by atoms with Crippen LogP contribution in [0.2, 0.25) is 0 Å². The van der Waals surface area contributed by atoms with Gasteiger partial charge in [-0.15, -0.1) is 0 Å². The van der Waals surface area contributed by atoms with E-state index in [0.717, 1.165) is 0 Å². The second kappa shape index (κ2) is 17.7. The van der Waals surface area contributed by atoms with Crippen LogP contribution in [0.3, 0.4) is 0 Å². The van der Waals surface area contributed by atoms with E-state index >= 15 is 0 Å². The van der Waals surface area contributed by atoms with Crippen molar-refractivity contribution >= 4 is 18.5 Å². The third kappa shape index (κ3) is 18.9. The number of esters is 1. The zero-order chi connectivity index (χ0) is 30.2. The van der Waals surface area contributed by atoms with Crippen LogP contribution in [-0.2, 0) is 33.3 Å². The van der Waals surface area contributed by atoms with Crippen molar-refractivity contribution in [3.8, 4) is 5.75 Å². The van der Waals surface area contributed by atoms with E-state index in [9.17, 15) is 14.4 Å². The predicted molar refractivity (Wildman–Crippen MR) is 148 cm³/mol. The Labute approximate surface area is 233 Å². The van der Waals surface area contributed by atoms with Gasteiger partial charge >= 0.3 is 12.1 Å². The smallest absolute Gasteiger partial charge is 0.410 e. The third-order valence-electron chi connectivity index (χ3n) is 4.74. The number of phenols is 1. The van der Waals surface area contributed by atoms with E-state index in [-0.39, 0.29) is 24.4 Å². The van der Waals surface area contributed by atoms with Crippen molar-refractivity contribution in [2.75, 3.05) is 26.9 Å². The van der Waals surface area contributed by atoms with Crippen LogP contribution in [0.25, 0.3) is 0 Å². The maximum atomic E-state index is 12.4. The number of para-hydroxylation sites is 1. The van der Waals surface area contributed by atoms with Crippen molar-refractivity contribution in [1.29, 1.82) is 0 Å². The van der Waals surface area contributed by atoms with Gasteiger partial charge in [-0.25, -0.2) is 9.59 Å². The van der Waals surface area contributed by atoms with Gasteiger partial charge in [0.2, 0.25) is 0 Å². The molecule has 2 unspecified atom stereocenters. The second-order valence-corrected chi connectivity index (χ2v) is 11.6. The number of carbonyl (C=O) groups is 3. The van der Waals surface area contributed by atoms with Crippen molar-refractivity contribution in [3.05, 3.63) is 30.3 Å². The largest absolute Gasteiger partial charge is 0.508 e. The van der Waals surface area contributed by atoms with Gasteiger partial charge in [0.15, 0.2) is 6.04 Å². The third-order valence-corrected chi connectivity index (χ3v) is 4.74. The molecule has 1 amide bonds. The van der Waals surface area contributed by atoms with E-state index in [1.807, 2.05) is 33.8 Å². The zero-order valence-electron chi connectivity index (χ0n) is 25.3. The molecular weight excluding hydrogens is 506 g/mol. The van der Waals surface area contributed by atoms with Crippen LogP contribution in [0.15, 0.2) is 30.3 Å². The average molecular weight is 556 g/mol. The Bertz CT molecular complexity index is 831. The highest BCUT2D eigenvalue weighted by atomic mass is 16.6. The van der Waals surface area contributed by atoms with Gasteiger partial charge in [-0.1, -0.05) is 32.0 Å². The van der Waals surface area contributed by atoms with Crippen molar-refractivity contribution in [1.82, 2.24) is 4.90 Å². The molecule has 0 aromatic heterocycles. The van der Waals surface area contributed by atoms with E-state index in [2.05, 4.69) is 18.6 Å². The number of hydrogen-bond acceptors (Lipinski definition) is 9. The summed E-state index contributed by atoms with van der Waals surface area (Å²) in [4.78, 5) is 35.5. The number of hydrogen-bond donors (Lipinski definition) is 1. The summed E-state index contributed by atoms with van der Waals surface area (Å²) in [5.41, 5.74) is -0.959. The number of rotatable bonds is 5. The molecule has 1 N–H and O–H groups in total. The Morgan fingerprint density at radius 3 is 2.10 bits per heavy atom. The van der Waals surface area contributed by atoms with Crippen molar-refractivity contribution < 1.29 is 43.2 Å². The molecule has 224 valence electrons. The zero-order valence-corrected chi connectivity index (χ0v) is 25.3.